The molecule has 1 aliphatic heterocycles. The van der Waals surface area contributed by atoms with Crippen LogP contribution in [0.25, 0.3) is 0 Å². The van der Waals surface area contributed by atoms with Gasteiger partial charge in [0.15, 0.2) is 0 Å². The van der Waals surface area contributed by atoms with Gasteiger partial charge in [-0.1, -0.05) is 29.8 Å². The Morgan fingerprint density at radius 1 is 1.48 bits per heavy atom. The molecule has 1 aromatic rings. The molecule has 7 heteroatoms. The molecule has 1 aliphatic rings. The van der Waals surface area contributed by atoms with Gasteiger partial charge in [0.1, 0.15) is 6.04 Å². The maximum Gasteiger partial charge on any atom is 0.327 e. The summed E-state index contributed by atoms with van der Waals surface area (Å²) < 4.78 is 9.68. The fourth-order valence-corrected chi connectivity index (χ4v) is 3.40. The monoisotopic (exact) mass is 355 g/mol. The van der Waals surface area contributed by atoms with Crippen LogP contribution in [0.3, 0.4) is 0 Å². The van der Waals surface area contributed by atoms with E-state index in [2.05, 4.69) is 12.6 Å². The standard InChI is InChI=1S/C16H18ClNO4S/c1-21-16(20)15(13-4-2-3-5-14(13)17)18-7-11(9-22-10-19)6-12(23)8-18/h2-5,9-10,12,15,23H,6-8H2,1H3/b11-9+. The second-order valence-electron chi connectivity index (χ2n) is 5.24. The summed E-state index contributed by atoms with van der Waals surface area (Å²) in [6.07, 6.45) is 2.09. The lowest BCUT2D eigenvalue weighted by atomic mass is 9.99. The zero-order valence-electron chi connectivity index (χ0n) is 12.6. The van der Waals surface area contributed by atoms with Crippen LogP contribution in [0.2, 0.25) is 5.02 Å². The molecule has 0 amide bonds. The number of carbonyl (C=O) groups excluding carboxylic acids is 2. The first-order chi connectivity index (χ1) is 11.1. The first-order valence-corrected chi connectivity index (χ1v) is 7.97. The Balaban J connectivity index is 2.33. The maximum atomic E-state index is 12.3. The van der Waals surface area contributed by atoms with Gasteiger partial charge in [0.2, 0.25) is 0 Å². The predicted molar refractivity (Wildman–Crippen MR) is 90.4 cm³/mol. The Morgan fingerprint density at radius 2 is 2.22 bits per heavy atom. The Bertz CT molecular complexity index is 607. The van der Waals surface area contributed by atoms with E-state index in [1.807, 2.05) is 11.0 Å². The third-order valence-corrected chi connectivity index (χ3v) is 4.32. The minimum Gasteiger partial charge on any atom is -0.468 e. The molecule has 0 aromatic heterocycles. The fraction of sp³-hybridized carbons (Fsp3) is 0.375. The number of nitrogens with zero attached hydrogens (tertiary/aromatic N) is 1. The van der Waals surface area contributed by atoms with Gasteiger partial charge in [0.25, 0.3) is 6.47 Å². The number of likely N-dealkylation sites (tertiary alicyclic amines) is 1. The van der Waals surface area contributed by atoms with E-state index in [-0.39, 0.29) is 5.25 Å². The number of benzene rings is 1. The number of carbonyl (C=O) groups is 2. The zero-order chi connectivity index (χ0) is 16.8. The summed E-state index contributed by atoms with van der Waals surface area (Å²) in [5.41, 5.74) is 1.56. The van der Waals surface area contributed by atoms with Crippen molar-refractivity contribution in [2.75, 3.05) is 20.2 Å². The Labute approximate surface area is 145 Å². The van der Waals surface area contributed by atoms with Crippen molar-refractivity contribution in [1.82, 2.24) is 4.90 Å². The summed E-state index contributed by atoms with van der Waals surface area (Å²) in [5.74, 6) is -0.392. The SMILES string of the molecule is COC(=O)C(c1ccccc1Cl)N1C/C(=C/OC=O)CC(S)C1. The maximum absolute atomic E-state index is 12.3. The van der Waals surface area contributed by atoms with Gasteiger partial charge in [-0.15, -0.1) is 0 Å². The molecule has 0 aliphatic carbocycles. The second-order valence-corrected chi connectivity index (χ2v) is 6.38. The lowest BCUT2D eigenvalue weighted by Crippen LogP contribution is -2.43. The second kappa shape index (κ2) is 8.38. The van der Waals surface area contributed by atoms with Gasteiger partial charge in [0.05, 0.1) is 13.4 Å². The van der Waals surface area contributed by atoms with Crippen molar-refractivity contribution in [1.29, 1.82) is 0 Å². The van der Waals surface area contributed by atoms with Crippen molar-refractivity contribution in [3.63, 3.8) is 0 Å². The van der Waals surface area contributed by atoms with Gasteiger partial charge >= 0.3 is 5.97 Å². The van der Waals surface area contributed by atoms with E-state index in [1.165, 1.54) is 13.4 Å². The molecule has 0 spiro atoms. The smallest absolute Gasteiger partial charge is 0.327 e. The minimum atomic E-state index is -0.636. The van der Waals surface area contributed by atoms with Gasteiger partial charge in [0, 0.05) is 23.4 Å². The number of thiol groups is 1. The zero-order valence-corrected chi connectivity index (χ0v) is 14.3. The molecule has 1 fully saturated rings. The van der Waals surface area contributed by atoms with E-state index >= 15 is 0 Å². The van der Waals surface area contributed by atoms with E-state index in [0.717, 1.165) is 5.57 Å². The van der Waals surface area contributed by atoms with E-state index in [4.69, 9.17) is 21.1 Å². The Morgan fingerprint density at radius 3 is 2.87 bits per heavy atom. The van der Waals surface area contributed by atoms with Crippen molar-refractivity contribution >= 4 is 36.7 Å². The fourth-order valence-electron chi connectivity index (χ4n) is 2.72. The van der Waals surface area contributed by atoms with Crippen LogP contribution in [-0.4, -0.2) is 42.8 Å². The van der Waals surface area contributed by atoms with Crippen LogP contribution < -0.4 is 0 Å². The highest BCUT2D eigenvalue weighted by atomic mass is 35.5. The topological polar surface area (TPSA) is 55.8 Å². The van der Waals surface area contributed by atoms with Crippen LogP contribution in [0.4, 0.5) is 0 Å². The van der Waals surface area contributed by atoms with E-state index in [9.17, 15) is 9.59 Å². The molecule has 23 heavy (non-hydrogen) atoms. The van der Waals surface area contributed by atoms with Gasteiger partial charge in [-0.25, -0.2) is 4.79 Å². The van der Waals surface area contributed by atoms with Gasteiger partial charge in [-0.3, -0.25) is 9.69 Å². The van der Waals surface area contributed by atoms with Crippen LogP contribution in [-0.2, 0) is 19.1 Å². The number of esters is 1. The molecule has 0 N–H and O–H groups in total. The summed E-state index contributed by atoms with van der Waals surface area (Å²) in [6, 6.07) is 6.54. The molecule has 0 bridgehead atoms. The highest BCUT2D eigenvalue weighted by Crippen LogP contribution is 2.33. The molecule has 1 heterocycles. The molecule has 0 saturated carbocycles. The van der Waals surface area contributed by atoms with Crippen molar-refractivity contribution in [2.45, 2.75) is 17.7 Å². The summed E-state index contributed by atoms with van der Waals surface area (Å²) in [7, 11) is 1.35. The van der Waals surface area contributed by atoms with Crippen LogP contribution in [0, 0.1) is 0 Å². The molecule has 124 valence electrons. The summed E-state index contributed by atoms with van der Waals surface area (Å²) in [4.78, 5) is 24.6. The summed E-state index contributed by atoms with van der Waals surface area (Å²) >= 11 is 10.8. The average molecular weight is 356 g/mol. The van der Waals surface area contributed by atoms with Crippen molar-refractivity contribution in [3.8, 4) is 0 Å². The van der Waals surface area contributed by atoms with Gasteiger partial charge < -0.3 is 9.47 Å². The lowest BCUT2D eigenvalue weighted by molar-refractivity contribution is -0.147. The highest BCUT2D eigenvalue weighted by Gasteiger charge is 2.34. The molecule has 1 saturated heterocycles. The first-order valence-electron chi connectivity index (χ1n) is 7.08. The molecule has 2 atom stereocenters. The van der Waals surface area contributed by atoms with Crippen LogP contribution >= 0.6 is 24.2 Å². The molecule has 5 nitrogen and oxygen atoms in total. The van der Waals surface area contributed by atoms with Crippen LogP contribution in [0.1, 0.15) is 18.0 Å². The number of rotatable bonds is 5. The quantitative estimate of drug-likeness (QED) is 0.381. The molecule has 0 radical (unpaired) electrons. The Kier molecular flexibility index (Phi) is 6.50. The number of hydrogen-bond acceptors (Lipinski definition) is 6. The van der Waals surface area contributed by atoms with Crippen molar-refractivity contribution in [2.24, 2.45) is 0 Å². The minimum absolute atomic E-state index is 0.0138. The van der Waals surface area contributed by atoms with Crippen LogP contribution in [0.5, 0.6) is 0 Å². The summed E-state index contributed by atoms with van der Waals surface area (Å²) in [6.45, 7) is 1.42. The van der Waals surface area contributed by atoms with E-state index in [0.29, 0.717) is 36.6 Å². The van der Waals surface area contributed by atoms with Crippen molar-refractivity contribution in [3.05, 3.63) is 46.7 Å². The molecular formula is C16H18ClNO4S. The number of piperidine rings is 1. The highest BCUT2D eigenvalue weighted by molar-refractivity contribution is 7.81. The first kappa shape index (κ1) is 17.8. The normalized spacial score (nSPS) is 21.7. The van der Waals surface area contributed by atoms with Crippen molar-refractivity contribution < 1.29 is 19.1 Å². The number of methoxy groups -OCH3 is 1. The number of hydrogen-bond donors (Lipinski definition) is 1. The molecule has 2 unspecified atom stereocenters. The molecule has 2 rings (SSSR count). The molecular weight excluding hydrogens is 338 g/mol. The van der Waals surface area contributed by atoms with Gasteiger partial charge in [-0.05, 0) is 23.6 Å². The number of ether oxygens (including phenoxy) is 2. The lowest BCUT2D eigenvalue weighted by Gasteiger charge is -2.36. The van der Waals surface area contributed by atoms with E-state index < -0.39 is 12.0 Å². The largest absolute Gasteiger partial charge is 0.468 e. The van der Waals surface area contributed by atoms with Crippen LogP contribution in [0.15, 0.2) is 36.1 Å². The average Bonchev–Trinajstić information content (AvgIpc) is 2.54. The number of halogens is 1. The summed E-state index contributed by atoms with van der Waals surface area (Å²) in [5, 5.41) is 0.513. The van der Waals surface area contributed by atoms with Gasteiger partial charge in [-0.2, -0.15) is 12.6 Å². The Hall–Kier alpha value is -1.50. The predicted octanol–water partition coefficient (Wildman–Crippen LogP) is 2.62. The molecule has 1 aromatic carbocycles. The van der Waals surface area contributed by atoms with E-state index in [1.54, 1.807) is 18.2 Å². The third-order valence-electron chi connectivity index (χ3n) is 3.63. The third kappa shape index (κ3) is 4.50.